The van der Waals surface area contributed by atoms with E-state index < -0.39 is 0 Å². The molecule has 3 aliphatic rings. The molecule has 164 valence electrons. The molecule has 0 spiro atoms. The highest BCUT2D eigenvalue weighted by Gasteiger charge is 2.58. The van der Waals surface area contributed by atoms with E-state index in [4.69, 9.17) is 0 Å². The normalized spacial score (nSPS) is 26.9. The second-order valence-electron chi connectivity index (χ2n) is 8.05. The highest BCUT2D eigenvalue weighted by Crippen LogP contribution is 2.52. The van der Waals surface area contributed by atoms with E-state index in [1.165, 1.54) is 9.78 Å². The zero-order chi connectivity index (χ0) is 20.5. The molecular weight excluding hydrogens is 513 g/mol. The topological polar surface area (TPSA) is 86.7 Å². The lowest BCUT2D eigenvalue weighted by Gasteiger charge is -2.18. The van der Waals surface area contributed by atoms with Gasteiger partial charge in [0.25, 0.3) is 0 Å². The van der Waals surface area contributed by atoms with Crippen molar-refractivity contribution >= 4 is 53.1 Å². The summed E-state index contributed by atoms with van der Waals surface area (Å²) in [6, 6.07) is 0. The maximum absolute atomic E-state index is 12.7. The first-order valence-corrected chi connectivity index (χ1v) is 11.3. The predicted octanol–water partition coefficient (Wildman–Crippen LogP) is 2.63. The van der Waals surface area contributed by atoms with Crippen LogP contribution in [0.3, 0.4) is 0 Å². The molecule has 30 heavy (non-hydrogen) atoms. The highest BCUT2D eigenvalue weighted by molar-refractivity contribution is 14.0. The molecule has 2 bridgehead atoms. The number of hydrogen-bond donors (Lipinski definition) is 2. The van der Waals surface area contributed by atoms with Gasteiger partial charge < -0.3 is 10.6 Å². The van der Waals surface area contributed by atoms with E-state index in [1.807, 2.05) is 13.8 Å². The average Bonchev–Trinajstić information content (AvgIpc) is 3.44. The summed E-state index contributed by atoms with van der Waals surface area (Å²) >= 11 is 1.67. The lowest BCUT2D eigenvalue weighted by atomic mass is 9.85. The van der Waals surface area contributed by atoms with Gasteiger partial charge in [-0.25, -0.2) is 9.98 Å². The third kappa shape index (κ3) is 4.42. The molecular formula is C21H30IN5O2S. The van der Waals surface area contributed by atoms with E-state index in [9.17, 15) is 9.59 Å². The summed E-state index contributed by atoms with van der Waals surface area (Å²) in [5, 5.41) is 7.53. The minimum atomic E-state index is -0.102. The van der Waals surface area contributed by atoms with Gasteiger partial charge in [0.15, 0.2) is 5.96 Å². The summed E-state index contributed by atoms with van der Waals surface area (Å²) in [6.45, 7) is 8.54. The second-order valence-corrected chi connectivity index (χ2v) is 9.34. The second kappa shape index (κ2) is 9.76. The fourth-order valence-corrected chi connectivity index (χ4v) is 5.58. The number of guanidine groups is 1. The Hall–Kier alpha value is -1.49. The Morgan fingerprint density at radius 3 is 2.43 bits per heavy atom. The number of likely N-dealkylation sites (tertiary alicyclic amines) is 1. The van der Waals surface area contributed by atoms with E-state index in [1.54, 1.807) is 11.3 Å². The van der Waals surface area contributed by atoms with E-state index in [0.717, 1.165) is 29.6 Å². The van der Waals surface area contributed by atoms with Crippen molar-refractivity contribution in [2.24, 2.45) is 28.7 Å². The maximum Gasteiger partial charge on any atom is 0.233 e. The fraction of sp³-hybridized carbons (Fsp3) is 0.619. The first-order chi connectivity index (χ1) is 14.0. The predicted molar refractivity (Wildman–Crippen MR) is 129 cm³/mol. The van der Waals surface area contributed by atoms with Crippen LogP contribution in [0.15, 0.2) is 17.1 Å². The number of imide groups is 1. The molecule has 2 N–H and O–H groups in total. The van der Waals surface area contributed by atoms with Crippen molar-refractivity contribution in [3.05, 3.63) is 27.7 Å². The minimum absolute atomic E-state index is 0. The molecule has 4 atom stereocenters. The number of fused-ring (bicyclic) bond motifs is 5. The Morgan fingerprint density at radius 1 is 1.20 bits per heavy atom. The van der Waals surface area contributed by atoms with Crippen LogP contribution in [-0.4, -0.2) is 47.3 Å². The van der Waals surface area contributed by atoms with Gasteiger partial charge in [0.2, 0.25) is 11.8 Å². The number of carbonyl (C=O) groups excluding carboxylic acids is 2. The molecule has 1 saturated heterocycles. The summed E-state index contributed by atoms with van der Waals surface area (Å²) in [5.41, 5.74) is 1.06. The summed E-state index contributed by atoms with van der Waals surface area (Å²) in [6.07, 6.45) is 5.95. The van der Waals surface area contributed by atoms with E-state index >= 15 is 0 Å². The summed E-state index contributed by atoms with van der Waals surface area (Å²) in [4.78, 5) is 37.3. The van der Waals surface area contributed by atoms with Crippen molar-refractivity contribution in [2.45, 2.75) is 40.2 Å². The summed E-state index contributed by atoms with van der Waals surface area (Å²) in [7, 11) is 0. The van der Waals surface area contributed by atoms with Gasteiger partial charge in [-0.05, 0) is 45.4 Å². The van der Waals surface area contributed by atoms with Crippen molar-refractivity contribution in [1.29, 1.82) is 0 Å². The first kappa shape index (κ1) is 23.2. The number of amides is 2. The molecule has 9 heteroatoms. The molecule has 1 aromatic heterocycles. The van der Waals surface area contributed by atoms with Crippen molar-refractivity contribution in [2.75, 3.05) is 19.6 Å². The monoisotopic (exact) mass is 543 g/mol. The molecule has 2 aliphatic carbocycles. The molecule has 1 aliphatic heterocycles. The number of thiazole rings is 1. The van der Waals surface area contributed by atoms with E-state index in [2.05, 4.69) is 39.7 Å². The highest BCUT2D eigenvalue weighted by atomic mass is 127. The van der Waals surface area contributed by atoms with Crippen LogP contribution in [0, 0.1) is 37.5 Å². The first-order valence-electron chi connectivity index (χ1n) is 10.5. The van der Waals surface area contributed by atoms with Crippen molar-refractivity contribution in [3.8, 4) is 0 Å². The number of halogens is 1. The number of aromatic nitrogens is 1. The molecule has 0 radical (unpaired) electrons. The van der Waals surface area contributed by atoms with E-state index in [-0.39, 0.29) is 59.5 Å². The molecule has 1 saturated carbocycles. The van der Waals surface area contributed by atoms with Gasteiger partial charge in [0, 0.05) is 24.5 Å². The van der Waals surface area contributed by atoms with Crippen LogP contribution in [0.4, 0.5) is 0 Å². The molecule has 2 amide bonds. The van der Waals surface area contributed by atoms with Crippen LogP contribution in [0.5, 0.6) is 0 Å². The van der Waals surface area contributed by atoms with Gasteiger partial charge in [-0.15, -0.1) is 35.3 Å². The van der Waals surface area contributed by atoms with Crippen molar-refractivity contribution < 1.29 is 9.59 Å². The number of allylic oxidation sites excluding steroid dienone is 2. The van der Waals surface area contributed by atoms with Gasteiger partial charge >= 0.3 is 0 Å². The zero-order valence-electron chi connectivity index (χ0n) is 17.7. The van der Waals surface area contributed by atoms with Crippen LogP contribution in [0.2, 0.25) is 0 Å². The van der Waals surface area contributed by atoms with Crippen molar-refractivity contribution in [3.63, 3.8) is 0 Å². The van der Waals surface area contributed by atoms with Crippen LogP contribution < -0.4 is 10.6 Å². The summed E-state index contributed by atoms with van der Waals surface area (Å²) in [5.74, 6) is 1.14. The molecule has 1 aromatic rings. The SMILES string of the molecule is CCNC(=NCc1nc(C)c(C)s1)NCCCN1C(=O)C2C3C=CC(C3)C2C1=O.I. The molecule has 7 nitrogen and oxygen atoms in total. The number of nitrogens with one attached hydrogen (secondary N) is 2. The van der Waals surface area contributed by atoms with Crippen LogP contribution >= 0.6 is 35.3 Å². The van der Waals surface area contributed by atoms with Gasteiger partial charge in [-0.3, -0.25) is 14.5 Å². The molecule has 2 fully saturated rings. The zero-order valence-corrected chi connectivity index (χ0v) is 20.8. The maximum atomic E-state index is 12.7. The molecule has 4 unspecified atom stereocenters. The molecule has 2 heterocycles. The average molecular weight is 543 g/mol. The quantitative estimate of drug-likeness (QED) is 0.138. The largest absolute Gasteiger partial charge is 0.357 e. The Balaban J connectivity index is 0.00000256. The third-order valence-corrected chi connectivity index (χ3v) is 7.26. The fourth-order valence-electron chi connectivity index (χ4n) is 4.72. The Morgan fingerprint density at radius 2 is 1.87 bits per heavy atom. The number of hydrogen-bond acceptors (Lipinski definition) is 5. The van der Waals surface area contributed by atoms with Crippen LogP contribution in [0.1, 0.15) is 35.3 Å². The van der Waals surface area contributed by atoms with E-state index in [0.29, 0.717) is 26.1 Å². The molecule has 4 rings (SSSR count). The van der Waals surface area contributed by atoms with Crippen LogP contribution in [-0.2, 0) is 16.1 Å². The van der Waals surface area contributed by atoms with Crippen LogP contribution in [0.25, 0.3) is 0 Å². The number of aryl methyl sites for hydroxylation is 2. The number of carbonyl (C=O) groups is 2. The smallest absolute Gasteiger partial charge is 0.233 e. The van der Waals surface area contributed by atoms with Crippen molar-refractivity contribution in [1.82, 2.24) is 20.5 Å². The molecule has 0 aromatic carbocycles. The number of aliphatic imine (C=N–C) groups is 1. The van der Waals surface area contributed by atoms with Gasteiger partial charge in [-0.1, -0.05) is 12.2 Å². The van der Waals surface area contributed by atoms with Gasteiger partial charge in [0.05, 0.1) is 24.1 Å². The lowest BCUT2D eigenvalue weighted by molar-refractivity contribution is -0.140. The third-order valence-electron chi connectivity index (χ3n) is 6.20. The standard InChI is InChI=1S/C21H29N5O2S.HI/c1-4-22-21(24-11-16-25-12(2)13(3)29-16)23-8-5-9-26-19(27)17-14-6-7-15(10-14)18(17)20(26)28;/h6-7,14-15,17-18H,4-5,8-11H2,1-3H3,(H2,22,23,24);1H. The van der Waals surface area contributed by atoms with Gasteiger partial charge in [-0.2, -0.15) is 0 Å². The summed E-state index contributed by atoms with van der Waals surface area (Å²) < 4.78 is 0. The Labute approximate surface area is 198 Å². The minimum Gasteiger partial charge on any atom is -0.357 e. The van der Waals surface area contributed by atoms with Gasteiger partial charge in [0.1, 0.15) is 5.01 Å². The Bertz CT molecular complexity index is 818. The lowest BCUT2D eigenvalue weighted by Crippen LogP contribution is -2.40. The Kier molecular flexibility index (Phi) is 7.54. The number of rotatable bonds is 7. The number of nitrogens with zero attached hydrogens (tertiary/aromatic N) is 3.